The number of hydrogen-bond donors (Lipinski definition) is 3. The van der Waals surface area contributed by atoms with Crippen molar-refractivity contribution in [3.8, 4) is 0 Å². The molecular formula is C18H15Cl2N3O2S. The van der Waals surface area contributed by atoms with Gasteiger partial charge >= 0.3 is 0 Å². The van der Waals surface area contributed by atoms with E-state index in [0.717, 1.165) is 15.8 Å². The fourth-order valence-electron chi connectivity index (χ4n) is 3.41. The maximum Gasteiger partial charge on any atom is 0.268 e. The predicted molar refractivity (Wildman–Crippen MR) is 104 cm³/mol. The molecule has 2 amide bonds. The summed E-state index contributed by atoms with van der Waals surface area (Å²) in [6.07, 6.45) is 0.661. The Bertz CT molecular complexity index is 1030. The first-order valence-corrected chi connectivity index (χ1v) is 9.63. The van der Waals surface area contributed by atoms with Crippen molar-refractivity contribution in [2.45, 2.75) is 25.4 Å². The second-order valence-corrected chi connectivity index (χ2v) is 8.31. The molecular weight excluding hydrogens is 393 g/mol. The van der Waals surface area contributed by atoms with Crippen molar-refractivity contribution < 1.29 is 9.59 Å². The van der Waals surface area contributed by atoms with Gasteiger partial charge in [-0.25, -0.2) is 0 Å². The van der Waals surface area contributed by atoms with Gasteiger partial charge in [0.15, 0.2) is 0 Å². The van der Waals surface area contributed by atoms with Crippen LogP contribution in [0.2, 0.25) is 9.36 Å². The van der Waals surface area contributed by atoms with Crippen molar-refractivity contribution in [2.75, 3.05) is 0 Å². The second kappa shape index (κ2) is 6.61. The lowest BCUT2D eigenvalue weighted by Gasteiger charge is -2.22. The van der Waals surface area contributed by atoms with Gasteiger partial charge < -0.3 is 15.6 Å². The molecule has 26 heavy (non-hydrogen) atoms. The molecule has 0 fully saturated rings. The van der Waals surface area contributed by atoms with Gasteiger partial charge in [0, 0.05) is 6.92 Å². The van der Waals surface area contributed by atoms with Gasteiger partial charge in [-0.05, 0) is 23.6 Å². The van der Waals surface area contributed by atoms with Crippen molar-refractivity contribution in [1.82, 2.24) is 15.6 Å². The third kappa shape index (κ3) is 2.98. The van der Waals surface area contributed by atoms with E-state index in [1.54, 1.807) is 6.07 Å². The van der Waals surface area contributed by atoms with E-state index in [1.165, 1.54) is 18.3 Å². The lowest BCUT2D eigenvalue weighted by Crippen LogP contribution is -2.44. The van der Waals surface area contributed by atoms with Crippen LogP contribution in [0.4, 0.5) is 0 Å². The second-order valence-electron chi connectivity index (χ2n) is 6.27. The maximum atomic E-state index is 12.7. The summed E-state index contributed by atoms with van der Waals surface area (Å²) < 4.78 is 1.33. The normalized spacial score (nSPS) is 18.7. The maximum absolute atomic E-state index is 12.7. The Balaban J connectivity index is 1.58. The lowest BCUT2D eigenvalue weighted by molar-refractivity contribution is -0.119. The molecule has 0 spiro atoms. The van der Waals surface area contributed by atoms with Gasteiger partial charge in [-0.1, -0.05) is 47.5 Å². The van der Waals surface area contributed by atoms with Crippen LogP contribution in [0.25, 0.3) is 10.2 Å². The molecule has 4 rings (SSSR count). The van der Waals surface area contributed by atoms with E-state index in [2.05, 4.69) is 15.6 Å². The van der Waals surface area contributed by atoms with E-state index in [0.29, 0.717) is 27.0 Å². The first-order valence-electron chi connectivity index (χ1n) is 8.06. The number of amides is 2. The number of H-pyrrole nitrogens is 1. The third-order valence-electron chi connectivity index (χ3n) is 4.53. The van der Waals surface area contributed by atoms with E-state index in [9.17, 15) is 9.59 Å². The summed E-state index contributed by atoms with van der Waals surface area (Å²) in [5, 5.41) is 6.39. The molecule has 8 heteroatoms. The Morgan fingerprint density at radius 2 is 2.00 bits per heavy atom. The van der Waals surface area contributed by atoms with Crippen molar-refractivity contribution in [1.29, 1.82) is 0 Å². The molecule has 5 nitrogen and oxygen atoms in total. The number of aromatic amines is 1. The van der Waals surface area contributed by atoms with Crippen LogP contribution in [0.15, 0.2) is 30.3 Å². The molecule has 134 valence electrons. The molecule has 1 aromatic carbocycles. The molecule has 0 radical (unpaired) electrons. The Morgan fingerprint density at radius 1 is 1.23 bits per heavy atom. The Hall–Kier alpha value is -2.02. The summed E-state index contributed by atoms with van der Waals surface area (Å²) in [6.45, 7) is 1.48. The fourth-order valence-corrected chi connectivity index (χ4v) is 4.90. The van der Waals surface area contributed by atoms with Gasteiger partial charge in [-0.2, -0.15) is 0 Å². The lowest BCUT2D eigenvalue weighted by atomic mass is 10.1. The highest BCUT2D eigenvalue weighted by atomic mass is 35.5. The summed E-state index contributed by atoms with van der Waals surface area (Å²) in [4.78, 5) is 27.4. The molecule has 0 bridgehead atoms. The monoisotopic (exact) mass is 407 g/mol. The Labute approximate surface area is 163 Å². The molecule has 3 N–H and O–H groups in total. The highest BCUT2D eigenvalue weighted by Gasteiger charge is 2.34. The zero-order valence-electron chi connectivity index (χ0n) is 13.7. The van der Waals surface area contributed by atoms with Crippen LogP contribution in [0.1, 0.15) is 34.6 Å². The number of carbonyl (C=O) groups excluding carboxylic acids is 2. The van der Waals surface area contributed by atoms with Gasteiger partial charge in [-0.3, -0.25) is 9.59 Å². The van der Waals surface area contributed by atoms with Crippen molar-refractivity contribution in [3.05, 3.63) is 56.5 Å². The van der Waals surface area contributed by atoms with Gasteiger partial charge in [0.1, 0.15) is 10.0 Å². The van der Waals surface area contributed by atoms with E-state index < -0.39 is 0 Å². The van der Waals surface area contributed by atoms with Crippen LogP contribution >= 0.6 is 34.5 Å². The molecule has 1 aliphatic rings. The number of fused-ring (bicyclic) bond motifs is 2. The number of rotatable bonds is 3. The highest BCUT2D eigenvalue weighted by molar-refractivity contribution is 7.23. The third-order valence-corrected chi connectivity index (χ3v) is 6.46. The number of benzene rings is 1. The fraction of sp³-hybridized carbons (Fsp3) is 0.222. The number of nitrogens with one attached hydrogen (secondary N) is 3. The number of carbonyl (C=O) groups is 2. The summed E-state index contributed by atoms with van der Waals surface area (Å²) in [5.74, 6) is -0.374. The van der Waals surface area contributed by atoms with Crippen LogP contribution < -0.4 is 10.6 Å². The smallest absolute Gasteiger partial charge is 0.268 e. The number of hydrogen-bond acceptors (Lipinski definition) is 3. The minimum Gasteiger partial charge on any atom is -0.349 e. The van der Waals surface area contributed by atoms with Gasteiger partial charge in [-0.15, -0.1) is 11.3 Å². The molecule has 2 atom stereocenters. The first-order chi connectivity index (χ1) is 12.4. The van der Waals surface area contributed by atoms with Gasteiger partial charge in [0.2, 0.25) is 5.91 Å². The predicted octanol–water partition coefficient (Wildman–Crippen LogP) is 4.07. The van der Waals surface area contributed by atoms with Crippen molar-refractivity contribution in [3.63, 3.8) is 0 Å². The highest BCUT2D eigenvalue weighted by Crippen LogP contribution is 2.39. The molecule has 0 aliphatic heterocycles. The van der Waals surface area contributed by atoms with Crippen LogP contribution in [0, 0.1) is 0 Å². The van der Waals surface area contributed by atoms with Crippen LogP contribution in [0.3, 0.4) is 0 Å². The summed E-state index contributed by atoms with van der Waals surface area (Å²) in [6, 6.07) is 9.16. The quantitative estimate of drug-likeness (QED) is 0.611. The van der Waals surface area contributed by atoms with E-state index >= 15 is 0 Å². The summed E-state index contributed by atoms with van der Waals surface area (Å²) in [5.41, 5.74) is 3.25. The molecule has 3 aromatic rings. The minimum atomic E-state index is -0.248. The largest absolute Gasteiger partial charge is 0.349 e. The summed E-state index contributed by atoms with van der Waals surface area (Å²) in [7, 11) is 0. The first kappa shape index (κ1) is 17.4. The van der Waals surface area contributed by atoms with E-state index in [1.807, 2.05) is 24.3 Å². The Kier molecular flexibility index (Phi) is 4.42. The zero-order chi connectivity index (χ0) is 18.4. The zero-order valence-corrected chi connectivity index (χ0v) is 16.1. The average Bonchev–Trinajstić information content (AvgIpc) is 3.23. The van der Waals surface area contributed by atoms with Crippen molar-refractivity contribution in [2.24, 2.45) is 0 Å². The van der Waals surface area contributed by atoms with Crippen LogP contribution in [-0.4, -0.2) is 22.8 Å². The van der Waals surface area contributed by atoms with E-state index in [4.69, 9.17) is 23.2 Å². The number of aromatic nitrogens is 1. The van der Waals surface area contributed by atoms with Gasteiger partial charge in [0.25, 0.3) is 5.91 Å². The van der Waals surface area contributed by atoms with Crippen LogP contribution in [-0.2, 0) is 11.2 Å². The summed E-state index contributed by atoms with van der Waals surface area (Å²) >= 11 is 13.5. The van der Waals surface area contributed by atoms with Gasteiger partial charge in [0.05, 0.1) is 27.3 Å². The van der Waals surface area contributed by atoms with Crippen molar-refractivity contribution >= 4 is 56.6 Å². The minimum absolute atomic E-state index is 0.132. The molecule has 0 saturated carbocycles. The number of thiophene rings is 1. The molecule has 1 aliphatic carbocycles. The SMILES string of the molecule is CC(=O)NC1c2ccccc2C[C@H]1NC(=O)c1cc2sc(Cl)c(Cl)c2[nH]1. The number of halogens is 2. The molecule has 0 saturated heterocycles. The topological polar surface area (TPSA) is 74.0 Å². The Morgan fingerprint density at radius 3 is 2.73 bits per heavy atom. The van der Waals surface area contributed by atoms with E-state index in [-0.39, 0.29) is 23.9 Å². The van der Waals surface area contributed by atoms with Crippen LogP contribution in [0.5, 0.6) is 0 Å². The average molecular weight is 408 g/mol. The molecule has 1 unspecified atom stereocenters. The standard InChI is InChI=1S/C18H15Cl2N3O2S/c1-8(24)21-15-10-5-3-2-4-9(10)6-11(15)23-18(25)12-7-13-16(22-12)14(19)17(20)26-13/h2-5,7,11,15,22H,6H2,1H3,(H,21,24)(H,23,25)/t11-,15?/m1/s1. The molecule has 2 aromatic heterocycles. The molecule has 2 heterocycles.